The van der Waals surface area contributed by atoms with Crippen molar-refractivity contribution < 1.29 is 9.21 Å². The maximum absolute atomic E-state index is 12.8. The number of benzene rings is 2. The summed E-state index contributed by atoms with van der Waals surface area (Å²) >= 11 is 0. The first-order chi connectivity index (χ1) is 13.7. The number of carbonyl (C=O) groups is 1. The SMILES string of the molecule is Cl.NC[C@@H]1CN(C(=O)CCc2ccc(-c3ccccc3)o2)C[C@H]1c1ccccc1. The van der Waals surface area contributed by atoms with Crippen LogP contribution in [0.4, 0.5) is 0 Å². The molecule has 2 heterocycles. The van der Waals surface area contributed by atoms with Gasteiger partial charge in [0.1, 0.15) is 11.5 Å². The second-order valence-electron chi connectivity index (χ2n) is 7.44. The lowest BCUT2D eigenvalue weighted by Gasteiger charge is -2.16. The third-order valence-electron chi connectivity index (χ3n) is 5.63. The van der Waals surface area contributed by atoms with E-state index >= 15 is 0 Å². The van der Waals surface area contributed by atoms with Crippen LogP contribution in [0.25, 0.3) is 11.3 Å². The number of carbonyl (C=O) groups excluding carboxylic acids is 1. The van der Waals surface area contributed by atoms with Crippen molar-refractivity contribution in [2.45, 2.75) is 18.8 Å². The molecule has 0 saturated carbocycles. The molecular formula is C24H27ClN2O2. The van der Waals surface area contributed by atoms with Gasteiger partial charge in [0, 0.05) is 37.4 Å². The first-order valence-corrected chi connectivity index (χ1v) is 9.91. The summed E-state index contributed by atoms with van der Waals surface area (Å²) < 4.78 is 5.92. The van der Waals surface area contributed by atoms with Crippen LogP contribution < -0.4 is 5.73 Å². The Morgan fingerprint density at radius 2 is 1.66 bits per heavy atom. The summed E-state index contributed by atoms with van der Waals surface area (Å²) in [6.07, 6.45) is 1.08. The van der Waals surface area contributed by atoms with Gasteiger partial charge < -0.3 is 15.1 Å². The van der Waals surface area contributed by atoms with Crippen LogP contribution in [0.3, 0.4) is 0 Å². The topological polar surface area (TPSA) is 59.5 Å². The molecule has 5 heteroatoms. The Bertz CT molecular complexity index is 911. The molecule has 1 saturated heterocycles. The highest BCUT2D eigenvalue weighted by atomic mass is 35.5. The van der Waals surface area contributed by atoms with Gasteiger partial charge in [0.05, 0.1) is 0 Å². The van der Waals surface area contributed by atoms with Crippen LogP contribution in [-0.2, 0) is 11.2 Å². The average Bonchev–Trinajstić information content (AvgIpc) is 3.40. The summed E-state index contributed by atoms with van der Waals surface area (Å²) in [5.41, 5.74) is 8.32. The summed E-state index contributed by atoms with van der Waals surface area (Å²) in [5.74, 6) is 2.51. The van der Waals surface area contributed by atoms with E-state index in [9.17, 15) is 4.79 Å². The van der Waals surface area contributed by atoms with E-state index in [0.717, 1.165) is 30.2 Å². The molecule has 1 amide bonds. The van der Waals surface area contributed by atoms with E-state index in [1.54, 1.807) is 0 Å². The molecule has 0 bridgehead atoms. The Kier molecular flexibility index (Phi) is 7.13. The molecule has 29 heavy (non-hydrogen) atoms. The van der Waals surface area contributed by atoms with Gasteiger partial charge in [-0.1, -0.05) is 60.7 Å². The fourth-order valence-electron chi connectivity index (χ4n) is 4.05. The Morgan fingerprint density at radius 3 is 2.34 bits per heavy atom. The molecule has 0 unspecified atom stereocenters. The zero-order valence-corrected chi connectivity index (χ0v) is 17.2. The third kappa shape index (κ3) is 4.89. The number of nitrogens with two attached hydrogens (primary N) is 1. The second-order valence-corrected chi connectivity index (χ2v) is 7.44. The molecule has 1 aliphatic rings. The van der Waals surface area contributed by atoms with E-state index < -0.39 is 0 Å². The minimum atomic E-state index is 0. The number of nitrogens with zero attached hydrogens (tertiary/aromatic N) is 1. The van der Waals surface area contributed by atoms with Gasteiger partial charge in [-0.05, 0) is 30.2 Å². The second kappa shape index (κ2) is 9.77. The normalized spacial score (nSPS) is 18.4. The van der Waals surface area contributed by atoms with E-state index in [1.165, 1.54) is 5.56 Å². The van der Waals surface area contributed by atoms with Crippen LogP contribution in [0.2, 0.25) is 0 Å². The maximum atomic E-state index is 12.8. The molecule has 0 aliphatic carbocycles. The molecule has 2 aromatic carbocycles. The monoisotopic (exact) mass is 410 g/mol. The number of furan rings is 1. The van der Waals surface area contributed by atoms with Crippen LogP contribution in [0.15, 0.2) is 77.2 Å². The number of halogens is 1. The van der Waals surface area contributed by atoms with Crippen molar-refractivity contribution in [1.82, 2.24) is 4.90 Å². The van der Waals surface area contributed by atoms with E-state index in [1.807, 2.05) is 53.4 Å². The fraction of sp³-hybridized carbons (Fsp3) is 0.292. The summed E-state index contributed by atoms with van der Waals surface area (Å²) in [6.45, 7) is 2.09. The smallest absolute Gasteiger partial charge is 0.223 e. The highest BCUT2D eigenvalue weighted by molar-refractivity contribution is 5.85. The standard InChI is InChI=1S/C24H26N2O2.ClH/c25-15-20-16-26(17-22(20)18-7-3-1-4-8-18)24(27)14-12-21-11-13-23(28-21)19-9-5-2-6-10-19;/h1-11,13,20,22H,12,14-17,25H2;1H/t20-,22+;/m1./s1. The molecule has 2 atom stereocenters. The third-order valence-corrected chi connectivity index (χ3v) is 5.63. The molecule has 1 aliphatic heterocycles. The predicted molar refractivity (Wildman–Crippen MR) is 118 cm³/mol. The van der Waals surface area contributed by atoms with E-state index in [4.69, 9.17) is 10.2 Å². The Hall–Kier alpha value is -2.56. The van der Waals surface area contributed by atoms with Gasteiger partial charge in [-0.3, -0.25) is 4.79 Å². The minimum Gasteiger partial charge on any atom is -0.461 e. The Labute approximate surface area is 178 Å². The molecular weight excluding hydrogens is 384 g/mol. The number of hydrogen-bond acceptors (Lipinski definition) is 3. The molecule has 1 fully saturated rings. The quantitative estimate of drug-likeness (QED) is 0.650. The van der Waals surface area contributed by atoms with Crippen LogP contribution in [0.1, 0.15) is 23.7 Å². The van der Waals surface area contributed by atoms with Gasteiger partial charge in [-0.2, -0.15) is 0 Å². The lowest BCUT2D eigenvalue weighted by Crippen LogP contribution is -2.29. The van der Waals surface area contributed by atoms with Gasteiger partial charge in [0.25, 0.3) is 0 Å². The molecule has 0 spiro atoms. The first-order valence-electron chi connectivity index (χ1n) is 9.91. The maximum Gasteiger partial charge on any atom is 0.223 e. The number of rotatable bonds is 6. The van der Waals surface area contributed by atoms with Gasteiger partial charge in [-0.15, -0.1) is 12.4 Å². The highest BCUT2D eigenvalue weighted by Gasteiger charge is 2.34. The summed E-state index contributed by atoms with van der Waals surface area (Å²) in [7, 11) is 0. The number of aryl methyl sites for hydroxylation is 1. The molecule has 3 aromatic rings. The molecule has 4 nitrogen and oxygen atoms in total. The minimum absolute atomic E-state index is 0. The summed E-state index contributed by atoms with van der Waals surface area (Å²) in [4.78, 5) is 14.7. The van der Waals surface area contributed by atoms with Crippen molar-refractivity contribution in [2.75, 3.05) is 19.6 Å². The summed E-state index contributed by atoms with van der Waals surface area (Å²) in [5, 5.41) is 0. The number of amides is 1. The van der Waals surface area contributed by atoms with Crippen LogP contribution in [-0.4, -0.2) is 30.4 Å². The molecule has 0 radical (unpaired) electrons. The van der Waals surface area contributed by atoms with Gasteiger partial charge >= 0.3 is 0 Å². The average molecular weight is 411 g/mol. The predicted octanol–water partition coefficient (Wildman–Crippen LogP) is 4.50. The zero-order chi connectivity index (χ0) is 19.3. The molecule has 152 valence electrons. The fourth-order valence-corrected chi connectivity index (χ4v) is 4.05. The molecule has 4 rings (SSSR count). The highest BCUT2D eigenvalue weighted by Crippen LogP contribution is 2.32. The van der Waals surface area contributed by atoms with Crippen LogP contribution in [0.5, 0.6) is 0 Å². The lowest BCUT2D eigenvalue weighted by molar-refractivity contribution is -0.130. The number of hydrogen-bond donors (Lipinski definition) is 1. The lowest BCUT2D eigenvalue weighted by atomic mass is 9.89. The largest absolute Gasteiger partial charge is 0.461 e. The van der Waals surface area contributed by atoms with E-state index in [0.29, 0.717) is 31.2 Å². The van der Waals surface area contributed by atoms with Gasteiger partial charge in [0.2, 0.25) is 5.91 Å². The first kappa shape index (κ1) is 21.2. The Balaban J connectivity index is 0.00000240. The zero-order valence-electron chi connectivity index (χ0n) is 16.4. The Morgan fingerprint density at radius 1 is 0.966 bits per heavy atom. The summed E-state index contributed by atoms with van der Waals surface area (Å²) in [6, 6.07) is 24.3. The van der Waals surface area contributed by atoms with Gasteiger partial charge in [-0.25, -0.2) is 0 Å². The van der Waals surface area contributed by atoms with Crippen molar-refractivity contribution in [3.05, 3.63) is 84.1 Å². The van der Waals surface area contributed by atoms with Crippen molar-refractivity contribution >= 4 is 18.3 Å². The van der Waals surface area contributed by atoms with E-state index in [-0.39, 0.29) is 18.3 Å². The number of likely N-dealkylation sites (tertiary alicyclic amines) is 1. The van der Waals surface area contributed by atoms with E-state index in [2.05, 4.69) is 24.3 Å². The van der Waals surface area contributed by atoms with Crippen molar-refractivity contribution in [3.8, 4) is 11.3 Å². The van der Waals surface area contributed by atoms with Crippen molar-refractivity contribution in [1.29, 1.82) is 0 Å². The van der Waals surface area contributed by atoms with Crippen LogP contribution in [0, 0.1) is 5.92 Å². The van der Waals surface area contributed by atoms with Gasteiger partial charge in [0.15, 0.2) is 0 Å². The van der Waals surface area contributed by atoms with Crippen LogP contribution >= 0.6 is 12.4 Å². The van der Waals surface area contributed by atoms with Crippen molar-refractivity contribution in [2.24, 2.45) is 11.7 Å². The molecule has 1 aromatic heterocycles. The molecule has 2 N–H and O–H groups in total. The van der Waals surface area contributed by atoms with Crippen molar-refractivity contribution in [3.63, 3.8) is 0 Å².